The molecular weight excluding hydrogens is 376 g/mol. The third-order valence-electron chi connectivity index (χ3n) is 4.15. The maximum absolute atomic E-state index is 12.5. The number of imide groups is 1. The molecule has 144 valence electrons. The molecule has 0 unspecified atom stereocenters. The number of carbonyl (C=O) groups excluding carboxylic acids is 3. The molecule has 7 heteroatoms. The van der Waals surface area contributed by atoms with Crippen molar-refractivity contribution >= 4 is 40.6 Å². The molecule has 1 aliphatic rings. The maximum atomic E-state index is 12.5. The summed E-state index contributed by atoms with van der Waals surface area (Å²) >= 11 is 0.880. The van der Waals surface area contributed by atoms with Gasteiger partial charge in [0, 0.05) is 18.7 Å². The Morgan fingerprint density at radius 2 is 1.93 bits per heavy atom. The fourth-order valence-electron chi connectivity index (χ4n) is 2.70. The lowest BCUT2D eigenvalue weighted by molar-refractivity contribution is -0.123. The average molecular weight is 396 g/mol. The van der Waals surface area contributed by atoms with Crippen LogP contribution in [0.4, 0.5) is 10.5 Å². The molecule has 0 aliphatic carbocycles. The van der Waals surface area contributed by atoms with Crippen molar-refractivity contribution in [2.45, 2.75) is 13.3 Å². The molecule has 2 aromatic carbocycles. The van der Waals surface area contributed by atoms with E-state index in [2.05, 4.69) is 5.32 Å². The highest BCUT2D eigenvalue weighted by molar-refractivity contribution is 8.18. The molecule has 2 aromatic rings. The van der Waals surface area contributed by atoms with Crippen molar-refractivity contribution in [3.8, 4) is 5.75 Å². The van der Waals surface area contributed by atoms with E-state index in [-0.39, 0.29) is 30.0 Å². The number of hydrogen-bond acceptors (Lipinski definition) is 5. The topological polar surface area (TPSA) is 75.7 Å². The van der Waals surface area contributed by atoms with E-state index in [1.807, 2.05) is 37.3 Å². The maximum Gasteiger partial charge on any atom is 0.293 e. The molecule has 28 heavy (non-hydrogen) atoms. The van der Waals surface area contributed by atoms with E-state index in [1.54, 1.807) is 31.4 Å². The van der Waals surface area contributed by atoms with Gasteiger partial charge < -0.3 is 10.1 Å². The summed E-state index contributed by atoms with van der Waals surface area (Å²) in [4.78, 5) is 38.3. The van der Waals surface area contributed by atoms with E-state index in [0.29, 0.717) is 16.3 Å². The zero-order chi connectivity index (χ0) is 20.1. The molecule has 1 aliphatic heterocycles. The summed E-state index contributed by atoms with van der Waals surface area (Å²) in [7, 11) is 1.58. The van der Waals surface area contributed by atoms with Crippen molar-refractivity contribution in [2.75, 3.05) is 19.0 Å². The highest BCUT2D eigenvalue weighted by Gasteiger charge is 2.35. The molecule has 1 N–H and O–H groups in total. The molecule has 1 saturated heterocycles. The predicted molar refractivity (Wildman–Crippen MR) is 110 cm³/mol. The van der Waals surface area contributed by atoms with Crippen LogP contribution in [0, 0.1) is 6.92 Å². The molecule has 0 bridgehead atoms. The lowest BCUT2D eigenvalue weighted by atomic mass is 10.2. The minimum atomic E-state index is -0.380. The van der Waals surface area contributed by atoms with Crippen molar-refractivity contribution in [1.82, 2.24) is 4.90 Å². The standard InChI is InChI=1S/C21H20N2O4S/c1-14-4-3-5-16(12-14)22-19(24)10-11-23-20(25)18(28-21(23)26)13-15-6-8-17(27-2)9-7-15/h3-9,12-13H,10-11H2,1-2H3,(H,22,24)/b18-13+. The van der Waals surface area contributed by atoms with Crippen LogP contribution in [-0.4, -0.2) is 35.6 Å². The number of thioether (sulfide) groups is 1. The highest BCUT2D eigenvalue weighted by Crippen LogP contribution is 2.32. The van der Waals surface area contributed by atoms with Crippen LogP contribution >= 0.6 is 11.8 Å². The minimum Gasteiger partial charge on any atom is -0.497 e. The van der Waals surface area contributed by atoms with Gasteiger partial charge in [0.05, 0.1) is 12.0 Å². The summed E-state index contributed by atoms with van der Waals surface area (Å²) in [5.41, 5.74) is 2.52. The van der Waals surface area contributed by atoms with E-state index in [4.69, 9.17) is 4.74 Å². The van der Waals surface area contributed by atoms with Crippen molar-refractivity contribution in [1.29, 1.82) is 0 Å². The van der Waals surface area contributed by atoms with Crippen LogP contribution in [0.5, 0.6) is 5.75 Å². The van der Waals surface area contributed by atoms with Gasteiger partial charge in [-0.05, 0) is 60.2 Å². The van der Waals surface area contributed by atoms with Crippen molar-refractivity contribution < 1.29 is 19.1 Å². The molecular formula is C21H20N2O4S. The Morgan fingerprint density at radius 3 is 2.61 bits per heavy atom. The number of amides is 3. The monoisotopic (exact) mass is 396 g/mol. The second-order valence-electron chi connectivity index (χ2n) is 6.27. The molecule has 3 amide bonds. The van der Waals surface area contributed by atoms with Gasteiger partial charge in [0.2, 0.25) is 5.91 Å². The van der Waals surface area contributed by atoms with Crippen LogP contribution in [0.1, 0.15) is 17.5 Å². The van der Waals surface area contributed by atoms with E-state index < -0.39 is 0 Å². The minimum absolute atomic E-state index is 0.0435. The number of ether oxygens (including phenoxy) is 1. The number of hydrogen-bond donors (Lipinski definition) is 1. The smallest absolute Gasteiger partial charge is 0.293 e. The number of rotatable bonds is 6. The molecule has 1 fully saturated rings. The van der Waals surface area contributed by atoms with E-state index >= 15 is 0 Å². The lowest BCUT2D eigenvalue weighted by Crippen LogP contribution is -2.31. The van der Waals surface area contributed by atoms with Crippen LogP contribution < -0.4 is 10.1 Å². The van der Waals surface area contributed by atoms with Gasteiger partial charge in [-0.2, -0.15) is 0 Å². The van der Waals surface area contributed by atoms with Crippen LogP contribution in [0.25, 0.3) is 6.08 Å². The largest absolute Gasteiger partial charge is 0.497 e. The number of anilines is 1. The number of methoxy groups -OCH3 is 1. The Labute approximate surface area is 167 Å². The van der Waals surface area contributed by atoms with Crippen LogP contribution in [0.3, 0.4) is 0 Å². The Bertz CT molecular complexity index is 938. The Balaban J connectivity index is 1.60. The van der Waals surface area contributed by atoms with Gasteiger partial charge in [0.25, 0.3) is 11.1 Å². The normalized spacial score (nSPS) is 15.2. The van der Waals surface area contributed by atoms with Gasteiger partial charge in [-0.3, -0.25) is 19.3 Å². The molecule has 1 heterocycles. The Morgan fingerprint density at radius 1 is 1.18 bits per heavy atom. The van der Waals surface area contributed by atoms with Crippen LogP contribution in [-0.2, 0) is 9.59 Å². The number of aryl methyl sites for hydroxylation is 1. The third-order valence-corrected chi connectivity index (χ3v) is 5.06. The number of carbonyl (C=O) groups is 3. The van der Waals surface area contributed by atoms with Crippen LogP contribution in [0.2, 0.25) is 0 Å². The molecule has 0 spiro atoms. The highest BCUT2D eigenvalue weighted by atomic mass is 32.2. The first-order valence-electron chi connectivity index (χ1n) is 8.72. The SMILES string of the molecule is COc1ccc(/C=C2/SC(=O)N(CCC(=O)Nc3cccc(C)c3)C2=O)cc1. The molecule has 0 aromatic heterocycles. The first-order chi connectivity index (χ1) is 13.5. The Kier molecular flexibility index (Phi) is 6.16. The number of nitrogens with zero attached hydrogens (tertiary/aromatic N) is 1. The predicted octanol–water partition coefficient (Wildman–Crippen LogP) is 4.07. The zero-order valence-corrected chi connectivity index (χ0v) is 16.4. The fourth-order valence-corrected chi connectivity index (χ4v) is 3.57. The van der Waals surface area contributed by atoms with Gasteiger partial charge >= 0.3 is 0 Å². The molecule has 0 atom stereocenters. The first kappa shape index (κ1) is 19.7. The summed E-state index contributed by atoms with van der Waals surface area (Å²) in [6.45, 7) is 1.98. The summed E-state index contributed by atoms with van der Waals surface area (Å²) < 4.78 is 5.10. The van der Waals surface area contributed by atoms with Crippen molar-refractivity contribution in [3.63, 3.8) is 0 Å². The van der Waals surface area contributed by atoms with Crippen molar-refractivity contribution in [3.05, 3.63) is 64.6 Å². The summed E-state index contributed by atoms with van der Waals surface area (Å²) in [6, 6.07) is 14.6. The second kappa shape index (κ2) is 8.75. The number of benzene rings is 2. The van der Waals surface area contributed by atoms with Gasteiger partial charge in [-0.25, -0.2) is 0 Å². The molecule has 3 rings (SSSR count). The fraction of sp³-hybridized carbons (Fsp3) is 0.190. The first-order valence-corrected chi connectivity index (χ1v) is 9.54. The Hall–Kier alpha value is -3.06. The van der Waals surface area contributed by atoms with Crippen molar-refractivity contribution in [2.24, 2.45) is 0 Å². The van der Waals surface area contributed by atoms with Gasteiger partial charge in [-0.15, -0.1) is 0 Å². The van der Waals surface area contributed by atoms with E-state index in [0.717, 1.165) is 27.8 Å². The lowest BCUT2D eigenvalue weighted by Gasteiger charge is -2.12. The number of nitrogens with one attached hydrogen (secondary N) is 1. The molecule has 0 saturated carbocycles. The summed E-state index contributed by atoms with van der Waals surface area (Å²) in [5, 5.41) is 2.41. The summed E-state index contributed by atoms with van der Waals surface area (Å²) in [5.74, 6) is 0.0860. The van der Waals surface area contributed by atoms with Gasteiger partial charge in [-0.1, -0.05) is 24.3 Å². The molecule has 0 radical (unpaired) electrons. The zero-order valence-electron chi connectivity index (χ0n) is 15.6. The second-order valence-corrected chi connectivity index (χ2v) is 7.27. The van der Waals surface area contributed by atoms with Crippen LogP contribution in [0.15, 0.2) is 53.4 Å². The van der Waals surface area contributed by atoms with E-state index in [1.165, 1.54) is 0 Å². The molecule has 6 nitrogen and oxygen atoms in total. The van der Waals surface area contributed by atoms with Gasteiger partial charge in [0.1, 0.15) is 5.75 Å². The summed E-state index contributed by atoms with van der Waals surface area (Å²) in [6.07, 6.45) is 1.71. The quantitative estimate of drug-likeness (QED) is 0.745. The van der Waals surface area contributed by atoms with Gasteiger partial charge in [0.15, 0.2) is 0 Å². The average Bonchev–Trinajstić information content (AvgIpc) is 2.93. The third kappa shape index (κ3) is 4.80. The van der Waals surface area contributed by atoms with E-state index in [9.17, 15) is 14.4 Å².